The van der Waals surface area contributed by atoms with Crippen molar-refractivity contribution in [3.05, 3.63) is 39.7 Å². The van der Waals surface area contributed by atoms with Gasteiger partial charge in [-0.05, 0) is 24.1 Å². The van der Waals surface area contributed by atoms with Gasteiger partial charge in [0.1, 0.15) is 17.4 Å². The predicted octanol–water partition coefficient (Wildman–Crippen LogP) is 3.48. The van der Waals surface area contributed by atoms with Gasteiger partial charge < -0.3 is 9.15 Å². The Balaban J connectivity index is 2.22. The summed E-state index contributed by atoms with van der Waals surface area (Å²) >= 11 is 2.32. The number of fused-ring (bicyclic) bond motifs is 3. The van der Waals surface area contributed by atoms with E-state index in [2.05, 4.69) is 29.5 Å². The summed E-state index contributed by atoms with van der Waals surface area (Å²) in [6.45, 7) is 2.11. The van der Waals surface area contributed by atoms with Crippen molar-refractivity contribution < 1.29 is 9.15 Å². The molecule has 1 aromatic heterocycles. The van der Waals surface area contributed by atoms with E-state index in [0.717, 1.165) is 51.5 Å². The maximum Gasteiger partial charge on any atom is 0.336 e. The highest BCUT2D eigenvalue weighted by atomic mass is 127. The highest BCUT2D eigenvalue weighted by Gasteiger charge is 2.25. The van der Waals surface area contributed by atoms with Gasteiger partial charge in [0, 0.05) is 27.9 Å². The Morgan fingerprint density at radius 2 is 2.26 bits per heavy atom. The van der Waals surface area contributed by atoms with Crippen LogP contribution in [0.1, 0.15) is 24.5 Å². The Hall–Kier alpha value is -1.04. The minimum Gasteiger partial charge on any atom is -0.489 e. The first-order chi connectivity index (χ1) is 9.22. The van der Waals surface area contributed by atoms with Crippen LogP contribution in [0, 0.1) is 0 Å². The quantitative estimate of drug-likeness (QED) is 0.472. The van der Waals surface area contributed by atoms with Gasteiger partial charge in [0.15, 0.2) is 0 Å². The summed E-state index contributed by atoms with van der Waals surface area (Å²) in [5, 5.41) is 1.05. The lowest BCUT2D eigenvalue weighted by Crippen LogP contribution is -2.13. The zero-order valence-electron chi connectivity index (χ0n) is 10.7. The number of aryl methyl sites for hydroxylation is 1. The summed E-state index contributed by atoms with van der Waals surface area (Å²) in [6.07, 6.45) is 2.94. The minimum atomic E-state index is -0.262. The van der Waals surface area contributed by atoms with Gasteiger partial charge >= 0.3 is 5.63 Å². The first-order valence-corrected chi connectivity index (χ1v) is 8.06. The molecule has 0 spiro atoms. The van der Waals surface area contributed by atoms with E-state index in [1.807, 2.05) is 12.1 Å². The fraction of sp³-hybridized carbons (Fsp3) is 0.400. The van der Waals surface area contributed by atoms with Crippen molar-refractivity contribution in [2.24, 2.45) is 0 Å². The molecule has 0 N–H and O–H groups in total. The summed E-state index contributed by atoms with van der Waals surface area (Å²) in [4.78, 5) is 11.7. The molecule has 0 amide bonds. The van der Waals surface area contributed by atoms with Crippen LogP contribution in [0.3, 0.4) is 0 Å². The molecule has 2 aromatic rings. The molecule has 2 heterocycles. The average Bonchev–Trinajstić information content (AvgIpc) is 2.82. The van der Waals surface area contributed by atoms with Crippen molar-refractivity contribution in [3.8, 4) is 5.75 Å². The molecule has 0 bridgehead atoms. The van der Waals surface area contributed by atoms with Gasteiger partial charge in [0.05, 0.1) is 0 Å². The molecule has 0 saturated carbocycles. The Morgan fingerprint density at radius 1 is 1.42 bits per heavy atom. The molecule has 1 atom stereocenters. The number of hydrogen-bond acceptors (Lipinski definition) is 3. The maximum absolute atomic E-state index is 11.7. The number of ether oxygens (including phenoxy) is 1. The Bertz CT molecular complexity index is 675. The standard InChI is InChI=1S/C15H15IO3/c1-2-3-9-6-14(17)19-15-11(9)4-5-13-12(15)7-10(8-16)18-13/h4-6,10H,2-3,7-8H2,1H3. The summed E-state index contributed by atoms with van der Waals surface area (Å²) in [5.74, 6) is 0.867. The van der Waals surface area contributed by atoms with E-state index in [-0.39, 0.29) is 11.7 Å². The largest absolute Gasteiger partial charge is 0.489 e. The van der Waals surface area contributed by atoms with Crippen molar-refractivity contribution in [1.29, 1.82) is 0 Å². The molecular formula is C15H15IO3. The lowest BCUT2D eigenvalue weighted by Gasteiger charge is -2.07. The molecule has 3 rings (SSSR count). The normalized spacial score (nSPS) is 17.5. The predicted molar refractivity (Wildman–Crippen MR) is 83.5 cm³/mol. The van der Waals surface area contributed by atoms with Gasteiger partial charge in [-0.2, -0.15) is 0 Å². The topological polar surface area (TPSA) is 39.4 Å². The second-order valence-electron chi connectivity index (χ2n) is 4.86. The summed E-state index contributed by atoms with van der Waals surface area (Å²) in [6, 6.07) is 5.63. The fourth-order valence-electron chi connectivity index (χ4n) is 2.64. The molecule has 0 saturated heterocycles. The van der Waals surface area contributed by atoms with Crippen LogP contribution in [0.4, 0.5) is 0 Å². The third-order valence-corrected chi connectivity index (χ3v) is 4.46. The molecule has 1 aromatic carbocycles. The Kier molecular flexibility index (Phi) is 3.52. The second-order valence-corrected chi connectivity index (χ2v) is 5.74. The summed E-state index contributed by atoms with van der Waals surface area (Å²) in [5.41, 5.74) is 2.59. The van der Waals surface area contributed by atoms with Crippen LogP contribution in [0.25, 0.3) is 11.0 Å². The molecule has 1 aliphatic heterocycles. The van der Waals surface area contributed by atoms with Crippen LogP contribution in [-0.2, 0) is 12.8 Å². The minimum absolute atomic E-state index is 0.196. The molecule has 3 nitrogen and oxygen atoms in total. The SMILES string of the molecule is CCCc1cc(=O)oc2c3c(ccc12)OC(CI)C3. The lowest BCUT2D eigenvalue weighted by atomic mass is 10.0. The van der Waals surface area contributed by atoms with Crippen LogP contribution >= 0.6 is 22.6 Å². The van der Waals surface area contributed by atoms with E-state index < -0.39 is 0 Å². The van der Waals surface area contributed by atoms with E-state index in [1.54, 1.807) is 6.07 Å². The van der Waals surface area contributed by atoms with Gasteiger partial charge in [-0.15, -0.1) is 0 Å². The smallest absolute Gasteiger partial charge is 0.336 e. The Labute approximate surface area is 125 Å². The molecule has 0 radical (unpaired) electrons. The number of halogens is 1. The molecule has 0 fully saturated rings. The fourth-order valence-corrected chi connectivity index (χ4v) is 3.14. The molecule has 1 unspecified atom stereocenters. The van der Waals surface area contributed by atoms with E-state index in [4.69, 9.17) is 9.15 Å². The lowest BCUT2D eigenvalue weighted by molar-refractivity contribution is 0.262. The molecule has 1 aliphatic rings. The molecule has 0 aliphatic carbocycles. The van der Waals surface area contributed by atoms with Gasteiger partial charge in [-0.25, -0.2) is 4.79 Å². The first-order valence-electron chi connectivity index (χ1n) is 6.54. The highest BCUT2D eigenvalue weighted by Crippen LogP contribution is 2.36. The van der Waals surface area contributed by atoms with Crippen molar-refractivity contribution in [1.82, 2.24) is 0 Å². The van der Waals surface area contributed by atoms with Crippen molar-refractivity contribution in [2.75, 3.05) is 4.43 Å². The maximum atomic E-state index is 11.7. The van der Waals surface area contributed by atoms with Gasteiger partial charge in [-0.1, -0.05) is 35.9 Å². The number of hydrogen-bond donors (Lipinski definition) is 0. The summed E-state index contributed by atoms with van der Waals surface area (Å²) < 4.78 is 12.2. The average molecular weight is 370 g/mol. The third kappa shape index (κ3) is 2.26. The van der Waals surface area contributed by atoms with Crippen molar-refractivity contribution >= 4 is 33.6 Å². The second kappa shape index (κ2) is 5.15. The number of rotatable bonds is 3. The van der Waals surface area contributed by atoms with Crippen molar-refractivity contribution in [3.63, 3.8) is 0 Å². The van der Waals surface area contributed by atoms with E-state index in [1.165, 1.54) is 0 Å². The molecule has 4 heteroatoms. The number of benzene rings is 1. The van der Waals surface area contributed by atoms with Crippen LogP contribution < -0.4 is 10.4 Å². The van der Waals surface area contributed by atoms with Gasteiger partial charge in [-0.3, -0.25) is 0 Å². The molecule has 100 valence electrons. The van der Waals surface area contributed by atoms with Crippen LogP contribution in [0.2, 0.25) is 0 Å². The van der Waals surface area contributed by atoms with E-state index >= 15 is 0 Å². The zero-order valence-corrected chi connectivity index (χ0v) is 12.9. The first kappa shape index (κ1) is 13.0. The third-order valence-electron chi connectivity index (χ3n) is 3.48. The Morgan fingerprint density at radius 3 is 3.00 bits per heavy atom. The number of alkyl halides is 1. The molecular weight excluding hydrogens is 355 g/mol. The highest BCUT2D eigenvalue weighted by molar-refractivity contribution is 14.1. The zero-order chi connectivity index (χ0) is 13.4. The molecule has 19 heavy (non-hydrogen) atoms. The van der Waals surface area contributed by atoms with Crippen LogP contribution in [-0.4, -0.2) is 10.5 Å². The van der Waals surface area contributed by atoms with E-state index in [9.17, 15) is 4.79 Å². The van der Waals surface area contributed by atoms with Gasteiger partial charge in [0.2, 0.25) is 0 Å². The van der Waals surface area contributed by atoms with Crippen molar-refractivity contribution in [2.45, 2.75) is 32.3 Å². The monoisotopic (exact) mass is 370 g/mol. The van der Waals surface area contributed by atoms with Crippen LogP contribution in [0.5, 0.6) is 5.75 Å². The summed E-state index contributed by atoms with van der Waals surface area (Å²) in [7, 11) is 0. The van der Waals surface area contributed by atoms with Gasteiger partial charge in [0.25, 0.3) is 0 Å². The van der Waals surface area contributed by atoms with E-state index in [0.29, 0.717) is 0 Å². The van der Waals surface area contributed by atoms with Crippen LogP contribution in [0.15, 0.2) is 27.4 Å².